The van der Waals surface area contributed by atoms with Crippen molar-refractivity contribution in [3.63, 3.8) is 0 Å². The molecule has 6 heteroatoms. The van der Waals surface area contributed by atoms with Crippen molar-refractivity contribution in [3.8, 4) is 0 Å². The van der Waals surface area contributed by atoms with E-state index in [1.807, 2.05) is 0 Å². The molecular formula is C16H32N2O4. The zero-order valence-electron chi connectivity index (χ0n) is 13.9. The second kappa shape index (κ2) is 13.5. The van der Waals surface area contributed by atoms with Crippen LogP contribution >= 0.6 is 0 Å². The van der Waals surface area contributed by atoms with E-state index in [-0.39, 0.29) is 0 Å². The minimum Gasteiger partial charge on any atom is -0.380 e. The van der Waals surface area contributed by atoms with Crippen LogP contribution < -0.4 is 10.6 Å². The Morgan fingerprint density at radius 2 is 1.09 bits per heavy atom. The monoisotopic (exact) mass is 316 g/mol. The highest BCUT2D eigenvalue weighted by atomic mass is 16.3. The standard InChI is InChI=1S/C16H32N2O4/c1-3-5-7-9-11-17-15(21)13(19)14(20)16(22)18-12-10-8-6-4-2/h13-14,19-20H,3-12H2,1-2H3,(H,17,21)(H,18,22)/t13-,14+. The highest BCUT2D eigenvalue weighted by Gasteiger charge is 2.29. The number of hydrogen-bond donors (Lipinski definition) is 4. The van der Waals surface area contributed by atoms with Crippen molar-refractivity contribution in [1.82, 2.24) is 10.6 Å². The Labute approximate surface area is 133 Å². The number of unbranched alkanes of at least 4 members (excludes halogenated alkanes) is 6. The summed E-state index contributed by atoms with van der Waals surface area (Å²) in [6.07, 6.45) is 4.63. The Bertz CT molecular complexity index is 281. The zero-order chi connectivity index (χ0) is 16.8. The fraction of sp³-hybridized carbons (Fsp3) is 0.875. The molecule has 4 N–H and O–H groups in total. The molecule has 0 aliphatic rings. The number of carbonyl (C=O) groups is 2. The molecule has 0 saturated heterocycles. The zero-order valence-corrected chi connectivity index (χ0v) is 13.9. The van der Waals surface area contributed by atoms with Gasteiger partial charge in [0.25, 0.3) is 11.8 Å². The van der Waals surface area contributed by atoms with Crippen molar-refractivity contribution in [3.05, 3.63) is 0 Å². The van der Waals surface area contributed by atoms with E-state index in [1.54, 1.807) is 0 Å². The third-order valence-corrected chi connectivity index (χ3v) is 3.50. The van der Waals surface area contributed by atoms with Gasteiger partial charge in [-0.25, -0.2) is 0 Å². The molecule has 0 aliphatic carbocycles. The van der Waals surface area contributed by atoms with Gasteiger partial charge in [-0.1, -0.05) is 52.4 Å². The molecule has 6 nitrogen and oxygen atoms in total. The van der Waals surface area contributed by atoms with E-state index in [4.69, 9.17) is 0 Å². The van der Waals surface area contributed by atoms with Gasteiger partial charge in [0.1, 0.15) is 0 Å². The number of rotatable bonds is 13. The van der Waals surface area contributed by atoms with Crippen LogP contribution in [-0.4, -0.2) is 47.3 Å². The average molecular weight is 316 g/mol. The van der Waals surface area contributed by atoms with Crippen LogP contribution in [0.15, 0.2) is 0 Å². The van der Waals surface area contributed by atoms with Crippen molar-refractivity contribution in [1.29, 1.82) is 0 Å². The molecule has 0 radical (unpaired) electrons. The number of carbonyl (C=O) groups excluding carboxylic acids is 2. The van der Waals surface area contributed by atoms with Gasteiger partial charge in [0.2, 0.25) is 0 Å². The van der Waals surface area contributed by atoms with Crippen molar-refractivity contribution >= 4 is 11.8 Å². The molecule has 0 heterocycles. The summed E-state index contributed by atoms with van der Waals surface area (Å²) in [5, 5.41) is 24.4. The third kappa shape index (κ3) is 9.73. The van der Waals surface area contributed by atoms with Crippen LogP contribution in [0.2, 0.25) is 0 Å². The normalized spacial score (nSPS) is 13.5. The van der Waals surface area contributed by atoms with Crippen molar-refractivity contribution in [2.45, 2.75) is 77.4 Å². The first kappa shape index (κ1) is 20.9. The van der Waals surface area contributed by atoms with Crippen LogP contribution in [0.4, 0.5) is 0 Å². The Hall–Kier alpha value is -1.14. The number of aliphatic hydroxyl groups is 2. The van der Waals surface area contributed by atoms with Gasteiger partial charge < -0.3 is 20.8 Å². The van der Waals surface area contributed by atoms with Crippen LogP contribution in [0.5, 0.6) is 0 Å². The Morgan fingerprint density at radius 1 is 0.727 bits per heavy atom. The summed E-state index contributed by atoms with van der Waals surface area (Å²) < 4.78 is 0. The smallest absolute Gasteiger partial charge is 0.252 e. The van der Waals surface area contributed by atoms with Crippen molar-refractivity contribution < 1.29 is 19.8 Å². The maximum absolute atomic E-state index is 11.6. The maximum atomic E-state index is 11.6. The maximum Gasteiger partial charge on any atom is 0.252 e. The molecule has 0 fully saturated rings. The van der Waals surface area contributed by atoms with E-state index in [0.717, 1.165) is 51.4 Å². The topological polar surface area (TPSA) is 98.7 Å². The first-order valence-corrected chi connectivity index (χ1v) is 8.46. The molecule has 22 heavy (non-hydrogen) atoms. The largest absolute Gasteiger partial charge is 0.380 e. The number of nitrogens with one attached hydrogen (secondary N) is 2. The lowest BCUT2D eigenvalue weighted by Crippen LogP contribution is -2.49. The van der Waals surface area contributed by atoms with E-state index in [0.29, 0.717) is 13.1 Å². The van der Waals surface area contributed by atoms with Crippen LogP contribution in [-0.2, 0) is 9.59 Å². The summed E-state index contributed by atoms with van der Waals surface area (Å²) in [6, 6.07) is 0. The van der Waals surface area contributed by atoms with E-state index in [2.05, 4.69) is 24.5 Å². The molecule has 0 spiro atoms. The molecule has 2 atom stereocenters. The van der Waals surface area contributed by atoms with Gasteiger partial charge in [0.15, 0.2) is 12.2 Å². The minimum absolute atomic E-state index is 0.446. The Kier molecular flexibility index (Phi) is 12.8. The fourth-order valence-corrected chi connectivity index (χ4v) is 2.02. The predicted octanol–water partition coefficient (Wildman–Crippen LogP) is 1.10. The van der Waals surface area contributed by atoms with Crippen LogP contribution in [0, 0.1) is 0 Å². The van der Waals surface area contributed by atoms with E-state index in [9.17, 15) is 19.8 Å². The highest BCUT2D eigenvalue weighted by molar-refractivity contribution is 5.90. The number of amides is 2. The van der Waals surface area contributed by atoms with Gasteiger partial charge >= 0.3 is 0 Å². The Morgan fingerprint density at radius 3 is 1.41 bits per heavy atom. The van der Waals surface area contributed by atoms with E-state index in [1.165, 1.54) is 0 Å². The SMILES string of the molecule is CCCCCCNC(=O)[C@@H](O)[C@@H](O)C(=O)NCCCCCC. The van der Waals surface area contributed by atoms with Gasteiger partial charge in [-0.2, -0.15) is 0 Å². The molecule has 130 valence electrons. The molecule has 0 aliphatic heterocycles. The molecule has 0 bridgehead atoms. The van der Waals surface area contributed by atoms with Crippen LogP contribution in [0.1, 0.15) is 65.2 Å². The lowest BCUT2D eigenvalue weighted by atomic mass is 10.1. The van der Waals surface area contributed by atoms with E-state index >= 15 is 0 Å². The predicted molar refractivity (Wildman–Crippen MR) is 86.3 cm³/mol. The first-order chi connectivity index (χ1) is 10.5. The van der Waals surface area contributed by atoms with Gasteiger partial charge in [-0.3, -0.25) is 9.59 Å². The average Bonchev–Trinajstić information content (AvgIpc) is 2.52. The Balaban J connectivity index is 3.88. The minimum atomic E-state index is -1.72. The second-order valence-corrected chi connectivity index (χ2v) is 5.59. The molecule has 0 aromatic rings. The highest BCUT2D eigenvalue weighted by Crippen LogP contribution is 2.00. The molecule has 0 unspecified atom stereocenters. The molecule has 0 saturated carbocycles. The molecule has 0 rings (SSSR count). The summed E-state index contributed by atoms with van der Waals surface area (Å²) in [5.74, 6) is -1.41. The van der Waals surface area contributed by atoms with Crippen LogP contribution in [0.25, 0.3) is 0 Å². The van der Waals surface area contributed by atoms with Crippen molar-refractivity contribution in [2.75, 3.05) is 13.1 Å². The fourth-order valence-electron chi connectivity index (χ4n) is 2.02. The molecule has 0 aromatic carbocycles. The van der Waals surface area contributed by atoms with Gasteiger partial charge in [-0.05, 0) is 12.8 Å². The lowest BCUT2D eigenvalue weighted by molar-refractivity contribution is -0.146. The van der Waals surface area contributed by atoms with Gasteiger partial charge in [0, 0.05) is 13.1 Å². The van der Waals surface area contributed by atoms with Crippen LogP contribution in [0.3, 0.4) is 0 Å². The first-order valence-electron chi connectivity index (χ1n) is 8.46. The summed E-state index contributed by atoms with van der Waals surface area (Å²) in [6.45, 7) is 5.08. The quantitative estimate of drug-likeness (QED) is 0.382. The lowest BCUT2D eigenvalue weighted by Gasteiger charge is -2.17. The molecule has 2 amide bonds. The molecular weight excluding hydrogens is 284 g/mol. The van der Waals surface area contributed by atoms with E-state index < -0.39 is 24.0 Å². The summed E-state index contributed by atoms with van der Waals surface area (Å²) >= 11 is 0. The second-order valence-electron chi connectivity index (χ2n) is 5.59. The summed E-state index contributed by atoms with van der Waals surface area (Å²) in [7, 11) is 0. The number of aliphatic hydroxyl groups excluding tert-OH is 2. The van der Waals surface area contributed by atoms with Gasteiger partial charge in [-0.15, -0.1) is 0 Å². The number of hydrogen-bond acceptors (Lipinski definition) is 4. The summed E-state index contributed by atoms with van der Waals surface area (Å²) in [4.78, 5) is 23.3. The molecule has 0 aromatic heterocycles. The third-order valence-electron chi connectivity index (χ3n) is 3.50. The summed E-state index contributed by atoms with van der Waals surface area (Å²) in [5.41, 5.74) is 0. The van der Waals surface area contributed by atoms with Crippen molar-refractivity contribution in [2.24, 2.45) is 0 Å². The van der Waals surface area contributed by atoms with Gasteiger partial charge in [0.05, 0.1) is 0 Å².